The fourth-order valence-electron chi connectivity index (χ4n) is 2.25. The zero-order valence-corrected chi connectivity index (χ0v) is 14.0. The number of furan rings is 1. The highest BCUT2D eigenvalue weighted by Gasteiger charge is 2.16. The number of rotatable bonds is 4. The Balaban J connectivity index is 1.90. The first-order valence-corrected chi connectivity index (χ1v) is 7.76. The lowest BCUT2D eigenvalue weighted by Gasteiger charge is -2.06. The summed E-state index contributed by atoms with van der Waals surface area (Å²) in [5.41, 5.74) is 1.58. The third kappa shape index (κ3) is 3.89. The number of phenolic OH excluding ortho intramolecular Hbond substituents is 1. The van der Waals surface area contributed by atoms with Crippen LogP contribution in [0.3, 0.4) is 0 Å². The van der Waals surface area contributed by atoms with Gasteiger partial charge in [0.25, 0.3) is 0 Å². The van der Waals surface area contributed by atoms with Crippen molar-refractivity contribution in [2.45, 2.75) is 0 Å². The molecule has 6 heteroatoms. The predicted octanol–water partition coefficient (Wildman–Crippen LogP) is 4.84. The molecule has 0 spiro atoms. The number of phenols is 1. The van der Waals surface area contributed by atoms with Gasteiger partial charge in [-0.1, -0.05) is 11.6 Å². The standard InChI is InChI=1S/C19H14ClNO4/c1-24-19(23)16-8-2-12(20)10-17(16)18-9-7-15(25-18)11-21-13-3-5-14(22)6-4-13/h2-11,22H,1H3. The Labute approximate surface area is 149 Å². The maximum atomic E-state index is 11.9. The summed E-state index contributed by atoms with van der Waals surface area (Å²) in [6, 6.07) is 14.8. The molecule has 0 radical (unpaired) electrons. The Morgan fingerprint density at radius 3 is 2.64 bits per heavy atom. The highest BCUT2D eigenvalue weighted by Crippen LogP contribution is 2.29. The molecule has 0 aliphatic heterocycles. The SMILES string of the molecule is COC(=O)c1ccc(Cl)cc1-c1ccc(C=Nc2ccc(O)cc2)o1. The molecule has 3 rings (SSSR count). The molecule has 1 aromatic heterocycles. The molecule has 0 saturated carbocycles. The minimum absolute atomic E-state index is 0.176. The van der Waals surface area contributed by atoms with Crippen molar-refractivity contribution in [1.29, 1.82) is 0 Å². The fraction of sp³-hybridized carbons (Fsp3) is 0.0526. The third-order valence-corrected chi connectivity index (χ3v) is 3.70. The molecule has 0 aliphatic carbocycles. The van der Waals surface area contributed by atoms with Crippen LogP contribution < -0.4 is 0 Å². The van der Waals surface area contributed by atoms with E-state index in [4.69, 9.17) is 20.8 Å². The largest absolute Gasteiger partial charge is 0.508 e. The molecule has 0 fully saturated rings. The van der Waals surface area contributed by atoms with Crippen LogP contribution in [0.25, 0.3) is 11.3 Å². The molecule has 2 aromatic carbocycles. The Kier molecular flexibility index (Phi) is 4.86. The summed E-state index contributed by atoms with van der Waals surface area (Å²) < 4.78 is 10.5. The molecule has 126 valence electrons. The molecule has 0 bridgehead atoms. The van der Waals surface area contributed by atoms with Gasteiger partial charge in [0.2, 0.25) is 0 Å². The number of nitrogens with zero attached hydrogens (tertiary/aromatic N) is 1. The molecular formula is C19H14ClNO4. The van der Waals surface area contributed by atoms with E-state index in [0.717, 1.165) is 0 Å². The molecule has 1 heterocycles. The second-order valence-corrected chi connectivity index (χ2v) is 5.59. The Bertz CT molecular complexity index is 929. The van der Waals surface area contributed by atoms with Crippen LogP contribution in [0.2, 0.25) is 5.02 Å². The zero-order chi connectivity index (χ0) is 17.8. The summed E-state index contributed by atoms with van der Waals surface area (Å²) in [5.74, 6) is 0.701. The lowest BCUT2D eigenvalue weighted by molar-refractivity contribution is 0.0601. The zero-order valence-electron chi connectivity index (χ0n) is 13.3. The van der Waals surface area contributed by atoms with E-state index in [1.165, 1.54) is 7.11 Å². The first-order valence-electron chi connectivity index (χ1n) is 7.38. The monoisotopic (exact) mass is 355 g/mol. The van der Waals surface area contributed by atoms with E-state index in [9.17, 15) is 9.90 Å². The number of aromatic hydroxyl groups is 1. The van der Waals surface area contributed by atoms with Crippen LogP contribution in [-0.4, -0.2) is 24.4 Å². The highest BCUT2D eigenvalue weighted by atomic mass is 35.5. The molecule has 0 saturated heterocycles. The number of methoxy groups -OCH3 is 1. The lowest BCUT2D eigenvalue weighted by atomic mass is 10.1. The number of benzene rings is 2. The van der Waals surface area contributed by atoms with E-state index in [1.54, 1.807) is 60.8 Å². The maximum absolute atomic E-state index is 11.9. The number of hydrogen-bond donors (Lipinski definition) is 1. The average molecular weight is 356 g/mol. The highest BCUT2D eigenvalue weighted by molar-refractivity contribution is 6.31. The molecule has 25 heavy (non-hydrogen) atoms. The van der Waals surface area contributed by atoms with Crippen LogP contribution in [0.1, 0.15) is 16.1 Å². The lowest BCUT2D eigenvalue weighted by Crippen LogP contribution is -2.03. The van der Waals surface area contributed by atoms with Crippen LogP contribution in [0.15, 0.2) is 64.0 Å². The number of carbonyl (C=O) groups is 1. The molecule has 5 nitrogen and oxygen atoms in total. The quantitative estimate of drug-likeness (QED) is 0.536. The predicted molar refractivity (Wildman–Crippen MR) is 95.9 cm³/mol. The summed E-state index contributed by atoms with van der Waals surface area (Å²) in [4.78, 5) is 16.2. The summed E-state index contributed by atoms with van der Waals surface area (Å²) in [5, 5.41) is 9.75. The average Bonchev–Trinajstić information content (AvgIpc) is 3.09. The smallest absolute Gasteiger partial charge is 0.338 e. The molecule has 0 aliphatic rings. The van der Waals surface area contributed by atoms with Crippen molar-refractivity contribution in [1.82, 2.24) is 0 Å². The third-order valence-electron chi connectivity index (χ3n) is 3.47. The van der Waals surface area contributed by atoms with Crippen LogP contribution >= 0.6 is 11.6 Å². The normalized spacial score (nSPS) is 11.0. The molecule has 0 amide bonds. The molecular weight excluding hydrogens is 342 g/mol. The molecule has 1 N–H and O–H groups in total. The number of aliphatic imine (C=N–C) groups is 1. The molecule has 0 atom stereocenters. The minimum atomic E-state index is -0.470. The number of esters is 1. The summed E-state index contributed by atoms with van der Waals surface area (Å²) in [6.07, 6.45) is 1.55. The number of ether oxygens (including phenoxy) is 1. The first kappa shape index (κ1) is 16.8. The first-order chi connectivity index (χ1) is 12.1. The summed E-state index contributed by atoms with van der Waals surface area (Å²) in [7, 11) is 1.32. The maximum Gasteiger partial charge on any atom is 0.338 e. The van der Waals surface area contributed by atoms with E-state index in [0.29, 0.717) is 33.4 Å². The van der Waals surface area contributed by atoms with Gasteiger partial charge in [0.15, 0.2) is 0 Å². The van der Waals surface area contributed by atoms with Gasteiger partial charge in [-0.2, -0.15) is 0 Å². The second kappa shape index (κ2) is 7.23. The van der Waals surface area contributed by atoms with Crippen molar-refractivity contribution >= 4 is 29.5 Å². The Morgan fingerprint density at radius 2 is 1.92 bits per heavy atom. The van der Waals surface area contributed by atoms with Crippen molar-refractivity contribution in [2.75, 3.05) is 7.11 Å². The van der Waals surface area contributed by atoms with E-state index in [2.05, 4.69) is 4.99 Å². The second-order valence-electron chi connectivity index (χ2n) is 5.16. The Hall–Kier alpha value is -3.05. The van der Waals surface area contributed by atoms with Gasteiger partial charge < -0.3 is 14.3 Å². The molecule has 3 aromatic rings. The van der Waals surface area contributed by atoms with Crippen LogP contribution in [0.4, 0.5) is 5.69 Å². The Morgan fingerprint density at radius 1 is 1.16 bits per heavy atom. The van der Waals surface area contributed by atoms with Crippen molar-refractivity contribution in [2.24, 2.45) is 4.99 Å². The van der Waals surface area contributed by atoms with Gasteiger partial charge >= 0.3 is 5.97 Å². The summed E-state index contributed by atoms with van der Waals surface area (Å²) >= 11 is 6.03. The van der Waals surface area contributed by atoms with Crippen LogP contribution in [-0.2, 0) is 4.74 Å². The van der Waals surface area contributed by atoms with Gasteiger partial charge in [-0.3, -0.25) is 4.99 Å². The fourth-order valence-corrected chi connectivity index (χ4v) is 2.42. The van der Waals surface area contributed by atoms with Crippen molar-refractivity contribution in [3.8, 4) is 17.1 Å². The van der Waals surface area contributed by atoms with Crippen LogP contribution in [0, 0.1) is 0 Å². The number of carbonyl (C=O) groups excluding carboxylic acids is 1. The van der Waals surface area contributed by atoms with Gasteiger partial charge in [0, 0.05) is 10.6 Å². The number of hydrogen-bond acceptors (Lipinski definition) is 5. The van der Waals surface area contributed by atoms with Gasteiger partial charge in [0.05, 0.1) is 24.6 Å². The topological polar surface area (TPSA) is 72.0 Å². The van der Waals surface area contributed by atoms with Gasteiger partial charge in [0.1, 0.15) is 17.3 Å². The van der Waals surface area contributed by atoms with E-state index in [-0.39, 0.29) is 5.75 Å². The van der Waals surface area contributed by atoms with Crippen molar-refractivity contribution in [3.63, 3.8) is 0 Å². The minimum Gasteiger partial charge on any atom is -0.508 e. The van der Waals surface area contributed by atoms with E-state index < -0.39 is 5.97 Å². The van der Waals surface area contributed by atoms with Gasteiger partial charge in [-0.05, 0) is 54.6 Å². The number of halogens is 1. The van der Waals surface area contributed by atoms with Crippen molar-refractivity contribution < 1.29 is 19.1 Å². The van der Waals surface area contributed by atoms with Crippen LogP contribution in [0.5, 0.6) is 5.75 Å². The van der Waals surface area contributed by atoms with Gasteiger partial charge in [-0.25, -0.2) is 4.79 Å². The summed E-state index contributed by atoms with van der Waals surface area (Å²) in [6.45, 7) is 0. The molecule has 0 unspecified atom stereocenters. The van der Waals surface area contributed by atoms with E-state index >= 15 is 0 Å². The van der Waals surface area contributed by atoms with Crippen molar-refractivity contribution in [3.05, 3.63) is 70.9 Å². The van der Waals surface area contributed by atoms with E-state index in [1.807, 2.05) is 0 Å². The van der Waals surface area contributed by atoms with Gasteiger partial charge in [-0.15, -0.1) is 0 Å².